The highest BCUT2D eigenvalue weighted by Gasteiger charge is 2.17. The molecule has 196 valence electrons. The number of nitro groups is 1. The minimum absolute atomic E-state index is 0.00998. The number of methoxy groups -OCH3 is 1. The maximum absolute atomic E-state index is 13.5. The number of aromatic nitrogens is 2. The van der Waals surface area contributed by atoms with Crippen LogP contribution in [0.15, 0.2) is 69.0 Å². The van der Waals surface area contributed by atoms with E-state index in [1.54, 1.807) is 36.4 Å². The molecule has 1 heterocycles. The van der Waals surface area contributed by atoms with Crippen LogP contribution in [0.2, 0.25) is 5.02 Å². The minimum atomic E-state index is -0.461. The summed E-state index contributed by atoms with van der Waals surface area (Å²) in [6.07, 6.45) is 2.25. The predicted molar refractivity (Wildman–Crippen MR) is 151 cm³/mol. The van der Waals surface area contributed by atoms with Crippen molar-refractivity contribution in [2.45, 2.75) is 32.8 Å². The first-order chi connectivity index (χ1) is 18.2. The summed E-state index contributed by atoms with van der Waals surface area (Å²) in [5.41, 5.74) is 1.48. The summed E-state index contributed by atoms with van der Waals surface area (Å²) in [5.74, 6) is 1.23. The lowest BCUT2D eigenvalue weighted by Gasteiger charge is -2.15. The smallest absolute Gasteiger partial charge is 0.282 e. The molecule has 0 amide bonds. The van der Waals surface area contributed by atoms with Crippen molar-refractivity contribution in [3.05, 3.63) is 102 Å². The molecule has 0 bridgehead atoms. The maximum Gasteiger partial charge on any atom is 0.282 e. The standard InChI is InChI=1S/C27H24BrClN4O5/c1-4-16(2)26-31-23-10-7-19(28)12-22(23)27(34)32(26)30-14-18-11-20(29)13-24(37-3)25(18)38-15-17-5-8-21(9-6-17)33(35)36/h5-14,16H,4,15H2,1-3H3/t16-/m1/s1. The Morgan fingerprint density at radius 1 is 1.21 bits per heavy atom. The van der Waals surface area contributed by atoms with Crippen LogP contribution in [0.5, 0.6) is 11.5 Å². The van der Waals surface area contributed by atoms with Gasteiger partial charge in [0.1, 0.15) is 12.4 Å². The van der Waals surface area contributed by atoms with Crippen LogP contribution >= 0.6 is 27.5 Å². The van der Waals surface area contributed by atoms with E-state index in [1.807, 2.05) is 19.9 Å². The first kappa shape index (κ1) is 27.3. The number of fused-ring (bicyclic) bond motifs is 1. The molecule has 11 heteroatoms. The second-order valence-electron chi connectivity index (χ2n) is 8.54. The van der Waals surface area contributed by atoms with Gasteiger partial charge in [-0.2, -0.15) is 9.78 Å². The van der Waals surface area contributed by atoms with E-state index in [0.717, 1.165) is 16.5 Å². The van der Waals surface area contributed by atoms with Crippen LogP contribution in [0.1, 0.15) is 43.1 Å². The lowest BCUT2D eigenvalue weighted by molar-refractivity contribution is -0.384. The Hall–Kier alpha value is -3.76. The second-order valence-corrected chi connectivity index (χ2v) is 9.89. The second kappa shape index (κ2) is 11.7. The van der Waals surface area contributed by atoms with E-state index < -0.39 is 4.92 Å². The number of non-ortho nitro benzene ring substituents is 1. The molecular weight excluding hydrogens is 576 g/mol. The fraction of sp³-hybridized carbons (Fsp3) is 0.222. The zero-order valence-corrected chi connectivity index (χ0v) is 23.2. The molecule has 0 fully saturated rings. The van der Waals surface area contributed by atoms with Crippen LogP contribution in [0.4, 0.5) is 5.69 Å². The van der Waals surface area contributed by atoms with Gasteiger partial charge in [-0.1, -0.05) is 41.4 Å². The van der Waals surface area contributed by atoms with E-state index in [-0.39, 0.29) is 23.8 Å². The first-order valence-corrected chi connectivity index (χ1v) is 12.9. The van der Waals surface area contributed by atoms with Crippen molar-refractivity contribution < 1.29 is 14.4 Å². The van der Waals surface area contributed by atoms with Crippen molar-refractivity contribution in [3.63, 3.8) is 0 Å². The van der Waals surface area contributed by atoms with Crippen molar-refractivity contribution >= 4 is 50.3 Å². The molecule has 1 aromatic heterocycles. The molecule has 1 atom stereocenters. The molecule has 0 saturated carbocycles. The van der Waals surface area contributed by atoms with E-state index in [2.05, 4.69) is 21.0 Å². The molecule has 3 aromatic carbocycles. The molecule has 0 unspecified atom stereocenters. The summed E-state index contributed by atoms with van der Waals surface area (Å²) in [7, 11) is 1.49. The van der Waals surface area contributed by atoms with Gasteiger partial charge in [0.25, 0.3) is 11.2 Å². The van der Waals surface area contributed by atoms with Crippen LogP contribution in [-0.4, -0.2) is 27.9 Å². The number of hydrogen-bond acceptors (Lipinski definition) is 7. The van der Waals surface area contributed by atoms with Crippen molar-refractivity contribution in [1.82, 2.24) is 9.66 Å². The van der Waals surface area contributed by atoms with Gasteiger partial charge in [0.15, 0.2) is 11.5 Å². The molecule has 9 nitrogen and oxygen atoms in total. The van der Waals surface area contributed by atoms with E-state index in [9.17, 15) is 14.9 Å². The molecule has 0 aliphatic rings. The van der Waals surface area contributed by atoms with Gasteiger partial charge in [-0.15, -0.1) is 0 Å². The number of hydrogen-bond donors (Lipinski definition) is 0. The SMILES string of the molecule is CC[C@@H](C)c1nc2ccc(Br)cc2c(=O)n1N=Cc1cc(Cl)cc(OC)c1OCc1ccc([N+](=O)[O-])cc1. The molecule has 0 aliphatic heterocycles. The summed E-state index contributed by atoms with van der Waals surface area (Å²) in [6, 6.07) is 14.7. The normalized spacial score (nSPS) is 12.1. The third-order valence-corrected chi connectivity index (χ3v) is 6.71. The van der Waals surface area contributed by atoms with E-state index in [0.29, 0.717) is 38.8 Å². The number of rotatable bonds is 9. The van der Waals surface area contributed by atoms with Crippen LogP contribution in [0.3, 0.4) is 0 Å². The molecule has 38 heavy (non-hydrogen) atoms. The van der Waals surface area contributed by atoms with Gasteiger partial charge in [-0.3, -0.25) is 14.9 Å². The van der Waals surface area contributed by atoms with Crippen molar-refractivity contribution in [2.75, 3.05) is 7.11 Å². The molecule has 4 rings (SSSR count). The predicted octanol–water partition coefficient (Wildman–Crippen LogP) is 6.70. The summed E-state index contributed by atoms with van der Waals surface area (Å²) < 4.78 is 13.6. The van der Waals surface area contributed by atoms with Gasteiger partial charge < -0.3 is 9.47 Å². The topological polar surface area (TPSA) is 109 Å². The van der Waals surface area contributed by atoms with Crippen LogP contribution in [0, 0.1) is 10.1 Å². The molecular formula is C27H24BrClN4O5. The van der Waals surface area contributed by atoms with Crippen molar-refractivity contribution in [1.29, 1.82) is 0 Å². The fourth-order valence-electron chi connectivity index (χ4n) is 3.76. The first-order valence-electron chi connectivity index (χ1n) is 11.7. The summed E-state index contributed by atoms with van der Waals surface area (Å²) in [4.78, 5) is 28.7. The maximum atomic E-state index is 13.5. The van der Waals surface area contributed by atoms with Gasteiger partial charge >= 0.3 is 0 Å². The Morgan fingerprint density at radius 2 is 1.95 bits per heavy atom. The zero-order valence-electron chi connectivity index (χ0n) is 20.9. The minimum Gasteiger partial charge on any atom is -0.493 e. The van der Waals surface area contributed by atoms with E-state index in [4.69, 9.17) is 26.1 Å². The van der Waals surface area contributed by atoms with Gasteiger partial charge in [0.05, 0.1) is 29.2 Å². The summed E-state index contributed by atoms with van der Waals surface area (Å²) in [6.45, 7) is 4.11. The molecule has 0 aliphatic carbocycles. The number of halogens is 2. The Bertz CT molecular complexity index is 1590. The number of nitro benzene ring substituents is 1. The lowest BCUT2D eigenvalue weighted by atomic mass is 10.1. The van der Waals surface area contributed by atoms with Gasteiger partial charge in [-0.25, -0.2) is 4.98 Å². The molecule has 0 spiro atoms. The van der Waals surface area contributed by atoms with Crippen LogP contribution in [-0.2, 0) is 6.61 Å². The number of nitrogens with zero attached hydrogens (tertiary/aromatic N) is 4. The van der Waals surface area contributed by atoms with E-state index in [1.165, 1.54) is 30.1 Å². The van der Waals surface area contributed by atoms with Crippen LogP contribution < -0.4 is 15.0 Å². The fourth-order valence-corrected chi connectivity index (χ4v) is 4.34. The van der Waals surface area contributed by atoms with Gasteiger partial charge in [0.2, 0.25) is 0 Å². The highest BCUT2D eigenvalue weighted by Crippen LogP contribution is 2.35. The third-order valence-electron chi connectivity index (χ3n) is 6.00. The molecule has 0 saturated heterocycles. The Kier molecular flexibility index (Phi) is 8.43. The number of benzene rings is 3. The third kappa shape index (κ3) is 5.87. The molecule has 0 N–H and O–H groups in total. The average Bonchev–Trinajstić information content (AvgIpc) is 2.91. The quantitative estimate of drug-likeness (QED) is 0.120. The Balaban J connectivity index is 1.76. The van der Waals surface area contributed by atoms with Gasteiger partial charge in [-0.05, 0) is 48.4 Å². The largest absolute Gasteiger partial charge is 0.493 e. The Morgan fingerprint density at radius 3 is 2.61 bits per heavy atom. The lowest BCUT2D eigenvalue weighted by Crippen LogP contribution is -2.23. The summed E-state index contributed by atoms with van der Waals surface area (Å²) >= 11 is 9.75. The Labute approximate surface area is 232 Å². The monoisotopic (exact) mass is 598 g/mol. The average molecular weight is 600 g/mol. The van der Waals surface area contributed by atoms with Gasteiger partial charge in [0, 0.05) is 39.2 Å². The summed E-state index contributed by atoms with van der Waals surface area (Å²) in [5, 5.41) is 16.3. The highest BCUT2D eigenvalue weighted by atomic mass is 79.9. The number of ether oxygens (including phenoxy) is 2. The van der Waals surface area contributed by atoms with Crippen molar-refractivity contribution in [2.24, 2.45) is 5.10 Å². The molecule has 0 radical (unpaired) electrons. The highest BCUT2D eigenvalue weighted by molar-refractivity contribution is 9.10. The van der Waals surface area contributed by atoms with Crippen LogP contribution in [0.25, 0.3) is 10.9 Å². The zero-order chi connectivity index (χ0) is 27.4. The van der Waals surface area contributed by atoms with Crippen molar-refractivity contribution in [3.8, 4) is 11.5 Å². The molecule has 4 aromatic rings. The van der Waals surface area contributed by atoms with E-state index >= 15 is 0 Å².